The van der Waals surface area contributed by atoms with E-state index in [1.54, 1.807) is 0 Å². The van der Waals surface area contributed by atoms with Gasteiger partial charge in [-0.15, -0.1) is 6.42 Å². The van der Waals surface area contributed by atoms with E-state index in [1.165, 1.54) is 5.56 Å². The van der Waals surface area contributed by atoms with Gasteiger partial charge in [-0.3, -0.25) is 4.90 Å². The van der Waals surface area contributed by atoms with Crippen LogP contribution in [0.5, 0.6) is 11.5 Å². The molecule has 0 bridgehead atoms. The van der Waals surface area contributed by atoms with Crippen molar-refractivity contribution in [2.24, 2.45) is 0 Å². The predicted octanol–water partition coefficient (Wildman–Crippen LogP) is 1.87. The lowest BCUT2D eigenvalue weighted by Gasteiger charge is -2.17. The Morgan fingerprint density at radius 2 is 2.19 bits per heavy atom. The van der Waals surface area contributed by atoms with E-state index < -0.39 is 0 Å². The van der Waals surface area contributed by atoms with Crippen LogP contribution >= 0.6 is 0 Å². The molecule has 0 amide bonds. The van der Waals surface area contributed by atoms with Gasteiger partial charge in [-0.2, -0.15) is 0 Å². The van der Waals surface area contributed by atoms with Crippen molar-refractivity contribution in [3.8, 4) is 23.8 Å². The summed E-state index contributed by atoms with van der Waals surface area (Å²) in [5, 5.41) is 0. The summed E-state index contributed by atoms with van der Waals surface area (Å²) in [5.41, 5.74) is 1.20. The Morgan fingerprint density at radius 3 is 2.94 bits per heavy atom. The Kier molecular flexibility index (Phi) is 3.33. The summed E-state index contributed by atoms with van der Waals surface area (Å²) in [7, 11) is 0. The lowest BCUT2D eigenvalue weighted by atomic mass is 10.2. The third-order valence-electron chi connectivity index (χ3n) is 2.61. The summed E-state index contributed by atoms with van der Waals surface area (Å²) in [5.74, 6) is 4.31. The molecule has 3 heteroatoms. The lowest BCUT2D eigenvalue weighted by Crippen LogP contribution is -2.22. The van der Waals surface area contributed by atoms with Gasteiger partial charge in [-0.1, -0.05) is 18.9 Å². The van der Waals surface area contributed by atoms with Crippen LogP contribution in [0.25, 0.3) is 0 Å². The monoisotopic (exact) mass is 217 g/mol. The first-order chi connectivity index (χ1) is 7.83. The maximum atomic E-state index is 5.33. The summed E-state index contributed by atoms with van der Waals surface area (Å²) in [6.45, 7) is 4.88. The van der Waals surface area contributed by atoms with Crippen molar-refractivity contribution in [3.63, 3.8) is 0 Å². The minimum atomic E-state index is 0.320. The van der Waals surface area contributed by atoms with Crippen LogP contribution in [0, 0.1) is 12.3 Å². The van der Waals surface area contributed by atoms with Gasteiger partial charge in [0.15, 0.2) is 11.5 Å². The zero-order valence-electron chi connectivity index (χ0n) is 9.40. The molecule has 1 aliphatic rings. The molecule has 0 saturated heterocycles. The average molecular weight is 217 g/mol. The second-order valence-electron chi connectivity index (χ2n) is 3.70. The molecule has 0 unspecified atom stereocenters. The average Bonchev–Trinajstić information content (AvgIpc) is 2.75. The van der Waals surface area contributed by atoms with E-state index in [0.717, 1.165) is 24.6 Å². The van der Waals surface area contributed by atoms with Crippen LogP contribution in [0.1, 0.15) is 12.5 Å². The van der Waals surface area contributed by atoms with E-state index in [-0.39, 0.29) is 0 Å². The third kappa shape index (κ3) is 2.29. The van der Waals surface area contributed by atoms with Crippen molar-refractivity contribution in [1.82, 2.24) is 4.90 Å². The fraction of sp³-hybridized carbons (Fsp3) is 0.385. The quantitative estimate of drug-likeness (QED) is 0.719. The van der Waals surface area contributed by atoms with Gasteiger partial charge >= 0.3 is 0 Å². The molecule has 0 atom stereocenters. The molecular weight excluding hydrogens is 202 g/mol. The highest BCUT2D eigenvalue weighted by Crippen LogP contribution is 2.32. The highest BCUT2D eigenvalue weighted by molar-refractivity contribution is 5.44. The number of hydrogen-bond donors (Lipinski definition) is 0. The zero-order chi connectivity index (χ0) is 11.4. The summed E-state index contributed by atoms with van der Waals surface area (Å²) >= 11 is 0. The molecular formula is C13H15NO2. The minimum absolute atomic E-state index is 0.320. The minimum Gasteiger partial charge on any atom is -0.454 e. The number of ether oxygens (including phenoxy) is 2. The van der Waals surface area contributed by atoms with Gasteiger partial charge in [0.1, 0.15) is 0 Å². The number of rotatable bonds is 4. The van der Waals surface area contributed by atoms with Crippen LogP contribution in [0.15, 0.2) is 18.2 Å². The molecule has 1 aromatic carbocycles. The Morgan fingerprint density at radius 1 is 1.38 bits per heavy atom. The first-order valence-corrected chi connectivity index (χ1v) is 5.38. The molecule has 1 aromatic rings. The molecule has 0 aliphatic carbocycles. The molecule has 0 radical (unpaired) electrons. The molecule has 2 rings (SSSR count). The van der Waals surface area contributed by atoms with Gasteiger partial charge in [0, 0.05) is 6.54 Å². The molecule has 0 fully saturated rings. The normalized spacial score (nSPS) is 12.8. The van der Waals surface area contributed by atoms with Gasteiger partial charge in [-0.05, 0) is 24.2 Å². The second kappa shape index (κ2) is 4.91. The fourth-order valence-corrected chi connectivity index (χ4v) is 1.71. The van der Waals surface area contributed by atoms with Crippen LogP contribution in [0.3, 0.4) is 0 Å². The zero-order valence-corrected chi connectivity index (χ0v) is 9.40. The van der Waals surface area contributed by atoms with Crippen LogP contribution < -0.4 is 9.47 Å². The van der Waals surface area contributed by atoms with Crippen LogP contribution in [-0.4, -0.2) is 24.8 Å². The van der Waals surface area contributed by atoms with Crippen molar-refractivity contribution in [2.75, 3.05) is 19.9 Å². The fourth-order valence-electron chi connectivity index (χ4n) is 1.71. The number of terminal acetylenes is 1. The maximum absolute atomic E-state index is 5.33. The van der Waals surface area contributed by atoms with Crippen LogP contribution in [0.4, 0.5) is 0 Å². The van der Waals surface area contributed by atoms with Crippen molar-refractivity contribution < 1.29 is 9.47 Å². The topological polar surface area (TPSA) is 21.7 Å². The molecule has 0 spiro atoms. The van der Waals surface area contributed by atoms with Crippen LogP contribution in [-0.2, 0) is 6.54 Å². The molecule has 0 N–H and O–H groups in total. The van der Waals surface area contributed by atoms with Gasteiger partial charge in [0.05, 0.1) is 6.54 Å². The summed E-state index contributed by atoms with van der Waals surface area (Å²) in [6, 6.07) is 6.01. The molecule has 0 aromatic heterocycles. The van der Waals surface area contributed by atoms with Gasteiger partial charge < -0.3 is 9.47 Å². The van der Waals surface area contributed by atoms with Gasteiger partial charge in [0.2, 0.25) is 6.79 Å². The SMILES string of the molecule is C#CCN(CC)Cc1ccc2c(c1)OCO2. The van der Waals surface area contributed by atoms with E-state index in [9.17, 15) is 0 Å². The summed E-state index contributed by atoms with van der Waals surface area (Å²) < 4.78 is 10.6. The van der Waals surface area contributed by atoms with E-state index in [1.807, 2.05) is 18.2 Å². The highest BCUT2D eigenvalue weighted by Gasteiger charge is 2.13. The molecule has 0 saturated carbocycles. The standard InChI is InChI=1S/C13H15NO2/c1-3-7-14(4-2)9-11-5-6-12-13(8-11)16-10-15-12/h1,5-6,8H,4,7,9-10H2,2H3. The molecule has 16 heavy (non-hydrogen) atoms. The summed E-state index contributed by atoms with van der Waals surface area (Å²) in [4.78, 5) is 2.19. The smallest absolute Gasteiger partial charge is 0.231 e. The van der Waals surface area contributed by atoms with E-state index in [4.69, 9.17) is 15.9 Å². The first-order valence-electron chi connectivity index (χ1n) is 5.38. The van der Waals surface area contributed by atoms with E-state index in [2.05, 4.69) is 17.7 Å². The Balaban J connectivity index is 2.07. The number of fused-ring (bicyclic) bond motifs is 1. The predicted molar refractivity (Wildman–Crippen MR) is 62.3 cm³/mol. The summed E-state index contributed by atoms with van der Waals surface area (Å²) in [6.07, 6.45) is 5.31. The maximum Gasteiger partial charge on any atom is 0.231 e. The van der Waals surface area contributed by atoms with Crippen molar-refractivity contribution in [1.29, 1.82) is 0 Å². The Hall–Kier alpha value is -1.66. The Labute approximate surface area is 96.0 Å². The van der Waals surface area contributed by atoms with E-state index >= 15 is 0 Å². The largest absolute Gasteiger partial charge is 0.454 e. The lowest BCUT2D eigenvalue weighted by molar-refractivity contribution is 0.174. The van der Waals surface area contributed by atoms with Crippen molar-refractivity contribution >= 4 is 0 Å². The number of hydrogen-bond acceptors (Lipinski definition) is 3. The van der Waals surface area contributed by atoms with Crippen LogP contribution in [0.2, 0.25) is 0 Å². The number of nitrogens with zero attached hydrogens (tertiary/aromatic N) is 1. The van der Waals surface area contributed by atoms with Crippen molar-refractivity contribution in [2.45, 2.75) is 13.5 Å². The molecule has 1 heterocycles. The first kappa shape index (κ1) is 10.8. The van der Waals surface area contributed by atoms with Gasteiger partial charge in [0.25, 0.3) is 0 Å². The van der Waals surface area contributed by atoms with Crippen molar-refractivity contribution in [3.05, 3.63) is 23.8 Å². The highest BCUT2D eigenvalue weighted by atomic mass is 16.7. The molecule has 1 aliphatic heterocycles. The number of benzene rings is 1. The van der Waals surface area contributed by atoms with E-state index in [0.29, 0.717) is 13.3 Å². The second-order valence-corrected chi connectivity index (χ2v) is 3.70. The Bertz CT molecular complexity index is 409. The van der Waals surface area contributed by atoms with Gasteiger partial charge in [-0.25, -0.2) is 0 Å². The molecule has 3 nitrogen and oxygen atoms in total. The third-order valence-corrected chi connectivity index (χ3v) is 2.61. The molecule has 84 valence electrons.